The first-order valence-electron chi connectivity index (χ1n) is 8.14. The Kier molecular flexibility index (Phi) is 4.64. The lowest BCUT2D eigenvalue weighted by Crippen LogP contribution is -2.45. The molecule has 2 aromatic heterocycles. The Bertz CT molecular complexity index is 828. The number of aryl methyl sites for hydroxylation is 2. The highest BCUT2D eigenvalue weighted by molar-refractivity contribution is 5.40. The van der Waals surface area contributed by atoms with Gasteiger partial charge in [0.2, 0.25) is 0 Å². The first-order valence-corrected chi connectivity index (χ1v) is 8.14. The van der Waals surface area contributed by atoms with E-state index in [9.17, 15) is 9.59 Å². The first kappa shape index (κ1) is 16.2. The van der Waals surface area contributed by atoms with Crippen molar-refractivity contribution in [2.24, 2.45) is 14.1 Å². The highest BCUT2D eigenvalue weighted by atomic mass is 16.1. The molecule has 2 aromatic rings. The highest BCUT2D eigenvalue weighted by Crippen LogP contribution is 2.22. The molecule has 1 N–H and O–H groups in total. The van der Waals surface area contributed by atoms with Crippen LogP contribution in [0, 0.1) is 0 Å². The molecule has 128 valence electrons. The van der Waals surface area contributed by atoms with E-state index in [2.05, 4.69) is 20.4 Å². The monoisotopic (exact) mass is 330 g/mol. The van der Waals surface area contributed by atoms with Crippen molar-refractivity contribution in [3.05, 3.63) is 45.0 Å². The van der Waals surface area contributed by atoms with E-state index in [4.69, 9.17) is 0 Å². The van der Waals surface area contributed by atoms with Crippen LogP contribution < -0.4 is 21.3 Å². The van der Waals surface area contributed by atoms with Gasteiger partial charge in [-0.2, -0.15) is 10.2 Å². The van der Waals surface area contributed by atoms with Gasteiger partial charge in [0, 0.05) is 45.4 Å². The summed E-state index contributed by atoms with van der Waals surface area (Å²) in [6.07, 6.45) is 3.32. The Balaban J connectivity index is 1.74. The van der Waals surface area contributed by atoms with Crippen LogP contribution in [0.5, 0.6) is 0 Å². The summed E-state index contributed by atoms with van der Waals surface area (Å²) < 4.78 is 2.68. The summed E-state index contributed by atoms with van der Waals surface area (Å²) in [5.74, 6) is 1.49. The number of piperidine rings is 1. The van der Waals surface area contributed by atoms with Crippen LogP contribution in [0.2, 0.25) is 0 Å². The van der Waals surface area contributed by atoms with E-state index in [0.717, 1.165) is 31.6 Å². The Labute approximate surface area is 139 Å². The standard InChI is InChI=1S/C16H22N6O2/c1-20-15(23)8-6-13(18-20)17-11-12-5-3-4-10-22(12)14-7-9-16(24)21(2)19-14/h6-9,12H,3-5,10-11H2,1-2H3,(H,17,18). The molecule has 0 saturated carbocycles. The van der Waals surface area contributed by atoms with Crippen LogP contribution in [0.25, 0.3) is 0 Å². The molecule has 1 unspecified atom stereocenters. The SMILES string of the molecule is Cn1nc(NCC2CCCCN2c2ccc(=O)n(C)n2)ccc1=O. The van der Waals surface area contributed by atoms with Gasteiger partial charge in [0.1, 0.15) is 11.6 Å². The van der Waals surface area contributed by atoms with Crippen molar-refractivity contribution in [1.82, 2.24) is 19.6 Å². The molecule has 1 aliphatic rings. The molecule has 0 aliphatic carbocycles. The summed E-state index contributed by atoms with van der Waals surface area (Å²) in [5.41, 5.74) is -0.242. The molecule has 1 aliphatic heterocycles. The van der Waals surface area contributed by atoms with Gasteiger partial charge < -0.3 is 10.2 Å². The fourth-order valence-corrected chi connectivity index (χ4v) is 2.98. The second-order valence-electron chi connectivity index (χ2n) is 6.06. The molecular formula is C16H22N6O2. The summed E-state index contributed by atoms with van der Waals surface area (Å²) >= 11 is 0. The second-order valence-corrected chi connectivity index (χ2v) is 6.06. The zero-order chi connectivity index (χ0) is 17.1. The molecule has 24 heavy (non-hydrogen) atoms. The summed E-state index contributed by atoms with van der Waals surface area (Å²) in [6, 6.07) is 6.80. The van der Waals surface area contributed by atoms with Gasteiger partial charge >= 0.3 is 0 Å². The average Bonchev–Trinajstić information content (AvgIpc) is 2.59. The molecule has 8 nitrogen and oxygen atoms in total. The number of nitrogens with zero attached hydrogens (tertiary/aromatic N) is 5. The summed E-state index contributed by atoms with van der Waals surface area (Å²) in [7, 11) is 3.30. The third-order valence-electron chi connectivity index (χ3n) is 4.35. The fourth-order valence-electron chi connectivity index (χ4n) is 2.98. The van der Waals surface area contributed by atoms with Crippen molar-refractivity contribution < 1.29 is 0 Å². The number of rotatable bonds is 4. The third-order valence-corrected chi connectivity index (χ3v) is 4.35. The van der Waals surface area contributed by atoms with E-state index >= 15 is 0 Å². The zero-order valence-electron chi connectivity index (χ0n) is 14.0. The van der Waals surface area contributed by atoms with Gasteiger partial charge in [0.25, 0.3) is 11.1 Å². The summed E-state index contributed by atoms with van der Waals surface area (Å²) in [5, 5.41) is 11.9. The summed E-state index contributed by atoms with van der Waals surface area (Å²) in [4.78, 5) is 25.2. The molecule has 8 heteroatoms. The molecule has 3 rings (SSSR count). The van der Waals surface area contributed by atoms with E-state index in [1.807, 2.05) is 0 Å². The Morgan fingerprint density at radius 1 is 1.04 bits per heavy atom. The van der Waals surface area contributed by atoms with Crippen molar-refractivity contribution in [2.45, 2.75) is 25.3 Å². The van der Waals surface area contributed by atoms with E-state index in [0.29, 0.717) is 12.4 Å². The van der Waals surface area contributed by atoms with Gasteiger partial charge in [-0.25, -0.2) is 9.36 Å². The van der Waals surface area contributed by atoms with Crippen LogP contribution in [-0.2, 0) is 14.1 Å². The van der Waals surface area contributed by atoms with Crippen LogP contribution >= 0.6 is 0 Å². The number of aromatic nitrogens is 4. The lowest BCUT2D eigenvalue weighted by molar-refractivity contribution is 0.464. The van der Waals surface area contributed by atoms with Gasteiger partial charge in [0.05, 0.1) is 0 Å². The van der Waals surface area contributed by atoms with E-state index < -0.39 is 0 Å². The van der Waals surface area contributed by atoms with Gasteiger partial charge in [-0.1, -0.05) is 0 Å². The largest absolute Gasteiger partial charge is 0.367 e. The quantitative estimate of drug-likeness (QED) is 0.870. The van der Waals surface area contributed by atoms with Gasteiger partial charge in [-0.3, -0.25) is 9.59 Å². The van der Waals surface area contributed by atoms with Crippen LogP contribution in [0.1, 0.15) is 19.3 Å². The normalized spacial score (nSPS) is 17.8. The van der Waals surface area contributed by atoms with Crippen LogP contribution in [0.4, 0.5) is 11.6 Å². The number of anilines is 2. The Morgan fingerprint density at radius 3 is 2.46 bits per heavy atom. The minimum atomic E-state index is -0.130. The molecule has 0 amide bonds. The fraction of sp³-hybridized carbons (Fsp3) is 0.500. The molecule has 0 bridgehead atoms. The van der Waals surface area contributed by atoms with E-state index in [-0.39, 0.29) is 17.2 Å². The molecule has 0 aromatic carbocycles. The minimum absolute atomic E-state index is 0.111. The van der Waals surface area contributed by atoms with Crippen LogP contribution in [0.15, 0.2) is 33.9 Å². The van der Waals surface area contributed by atoms with E-state index in [1.165, 1.54) is 15.4 Å². The highest BCUT2D eigenvalue weighted by Gasteiger charge is 2.24. The van der Waals surface area contributed by atoms with Crippen LogP contribution in [0.3, 0.4) is 0 Å². The number of nitrogens with one attached hydrogen (secondary N) is 1. The maximum Gasteiger partial charge on any atom is 0.266 e. The van der Waals surface area contributed by atoms with Gasteiger partial charge in [0.15, 0.2) is 0 Å². The van der Waals surface area contributed by atoms with Crippen LogP contribution in [-0.4, -0.2) is 38.7 Å². The Morgan fingerprint density at radius 2 is 1.75 bits per heavy atom. The molecule has 0 spiro atoms. The Hall–Kier alpha value is -2.64. The van der Waals surface area contributed by atoms with Crippen molar-refractivity contribution in [3.63, 3.8) is 0 Å². The average molecular weight is 330 g/mol. The molecule has 3 heterocycles. The molecule has 1 atom stereocenters. The predicted octanol–water partition coefficient (Wildman–Crippen LogP) is 0.345. The van der Waals surface area contributed by atoms with Gasteiger partial charge in [-0.05, 0) is 31.4 Å². The van der Waals surface area contributed by atoms with Crippen molar-refractivity contribution in [2.75, 3.05) is 23.3 Å². The second kappa shape index (κ2) is 6.86. The number of hydrogen-bond donors (Lipinski definition) is 1. The molecule has 0 radical (unpaired) electrons. The topological polar surface area (TPSA) is 85.1 Å². The lowest BCUT2D eigenvalue weighted by atomic mass is 10.0. The minimum Gasteiger partial charge on any atom is -0.367 e. The summed E-state index contributed by atoms with van der Waals surface area (Å²) in [6.45, 7) is 1.62. The van der Waals surface area contributed by atoms with Crippen molar-refractivity contribution in [3.8, 4) is 0 Å². The lowest BCUT2D eigenvalue weighted by Gasteiger charge is -2.36. The zero-order valence-corrected chi connectivity index (χ0v) is 14.0. The van der Waals surface area contributed by atoms with Crippen molar-refractivity contribution >= 4 is 11.6 Å². The smallest absolute Gasteiger partial charge is 0.266 e. The van der Waals surface area contributed by atoms with Crippen molar-refractivity contribution in [1.29, 1.82) is 0 Å². The predicted molar refractivity (Wildman–Crippen MR) is 92.4 cm³/mol. The first-order chi connectivity index (χ1) is 11.5. The van der Waals surface area contributed by atoms with E-state index in [1.54, 1.807) is 32.3 Å². The molecule has 1 fully saturated rings. The maximum atomic E-state index is 11.5. The maximum absolute atomic E-state index is 11.5. The number of hydrogen-bond acceptors (Lipinski definition) is 6. The third kappa shape index (κ3) is 3.47. The molecule has 1 saturated heterocycles. The molecular weight excluding hydrogens is 308 g/mol. The van der Waals surface area contributed by atoms with Gasteiger partial charge in [-0.15, -0.1) is 0 Å².